The third-order valence-corrected chi connectivity index (χ3v) is 3.48. The van der Waals surface area contributed by atoms with Gasteiger partial charge in [-0.25, -0.2) is 4.39 Å². The molecule has 114 valence electrons. The zero-order chi connectivity index (χ0) is 15.6. The van der Waals surface area contributed by atoms with Gasteiger partial charge in [0.1, 0.15) is 5.56 Å². The summed E-state index contributed by atoms with van der Waals surface area (Å²) < 4.78 is 18.8. The van der Waals surface area contributed by atoms with Gasteiger partial charge in [0.15, 0.2) is 5.82 Å². The van der Waals surface area contributed by atoms with Crippen molar-refractivity contribution < 1.29 is 18.8 Å². The molecule has 1 fully saturated rings. The van der Waals surface area contributed by atoms with Crippen molar-refractivity contribution in [1.29, 1.82) is 0 Å². The lowest BCUT2D eigenvalue weighted by molar-refractivity contribution is -0.385. The Kier molecular flexibility index (Phi) is 4.08. The first-order chi connectivity index (χ1) is 9.82. The molecule has 1 atom stereocenters. The van der Waals surface area contributed by atoms with Gasteiger partial charge in [-0.3, -0.25) is 14.9 Å². The minimum absolute atomic E-state index is 0.222. The number of amides is 1. The fourth-order valence-electron chi connectivity index (χ4n) is 2.25. The molecule has 0 aromatic heterocycles. The van der Waals surface area contributed by atoms with Crippen LogP contribution in [0, 0.1) is 15.9 Å². The summed E-state index contributed by atoms with van der Waals surface area (Å²) in [6.07, 6.45) is 1.69. The Hall–Kier alpha value is -2.22. The topological polar surface area (TPSA) is 107 Å². The van der Waals surface area contributed by atoms with E-state index in [1.807, 2.05) is 6.92 Å². The second-order valence-corrected chi connectivity index (χ2v) is 5.23. The van der Waals surface area contributed by atoms with E-state index >= 15 is 0 Å². The lowest BCUT2D eigenvalue weighted by Gasteiger charge is -2.23. The maximum absolute atomic E-state index is 13.3. The molecule has 0 aliphatic carbocycles. The van der Waals surface area contributed by atoms with E-state index in [1.54, 1.807) is 0 Å². The quantitative estimate of drug-likeness (QED) is 0.499. The molecule has 1 aliphatic heterocycles. The van der Waals surface area contributed by atoms with Crippen molar-refractivity contribution in [2.24, 2.45) is 0 Å². The smallest absolute Gasteiger partial charge is 0.285 e. The largest absolute Gasteiger partial charge is 0.396 e. The van der Waals surface area contributed by atoms with Gasteiger partial charge in [-0.2, -0.15) is 0 Å². The molecule has 0 spiro atoms. The van der Waals surface area contributed by atoms with Crippen molar-refractivity contribution in [2.45, 2.75) is 25.4 Å². The Morgan fingerprint density at radius 1 is 1.62 bits per heavy atom. The number of hydrogen-bond donors (Lipinski definition) is 2. The number of nitro benzene ring substituents is 1. The molecule has 1 aromatic carbocycles. The van der Waals surface area contributed by atoms with Crippen LogP contribution >= 0.6 is 0 Å². The Bertz CT molecular complexity index is 585. The van der Waals surface area contributed by atoms with E-state index in [2.05, 4.69) is 5.32 Å². The molecular weight excluding hydrogens is 281 g/mol. The van der Waals surface area contributed by atoms with E-state index < -0.39 is 27.9 Å². The minimum Gasteiger partial charge on any atom is -0.396 e. The Labute approximate surface area is 120 Å². The summed E-state index contributed by atoms with van der Waals surface area (Å²) in [5.41, 5.74) is 3.70. The minimum atomic E-state index is -0.927. The van der Waals surface area contributed by atoms with Gasteiger partial charge in [0, 0.05) is 13.2 Å². The summed E-state index contributed by atoms with van der Waals surface area (Å²) in [4.78, 5) is 22.2. The monoisotopic (exact) mass is 297 g/mol. The molecule has 1 heterocycles. The van der Waals surface area contributed by atoms with Crippen LogP contribution in [0.25, 0.3) is 0 Å². The van der Waals surface area contributed by atoms with Gasteiger partial charge in [0.05, 0.1) is 22.3 Å². The maximum Gasteiger partial charge on any atom is 0.285 e. The second-order valence-electron chi connectivity index (χ2n) is 5.23. The van der Waals surface area contributed by atoms with E-state index in [1.165, 1.54) is 0 Å². The summed E-state index contributed by atoms with van der Waals surface area (Å²) >= 11 is 0. The number of carbonyl (C=O) groups excluding carboxylic acids is 1. The molecule has 2 rings (SSSR count). The zero-order valence-electron chi connectivity index (χ0n) is 11.5. The molecular formula is C13H16FN3O4. The van der Waals surface area contributed by atoms with Crippen molar-refractivity contribution in [1.82, 2.24) is 5.32 Å². The number of nitrogens with two attached hydrogens (primary N) is 1. The molecule has 0 bridgehead atoms. The van der Waals surface area contributed by atoms with Crippen molar-refractivity contribution in [3.63, 3.8) is 0 Å². The molecule has 1 amide bonds. The molecule has 0 radical (unpaired) electrons. The Balaban J connectivity index is 2.18. The van der Waals surface area contributed by atoms with Gasteiger partial charge < -0.3 is 15.8 Å². The van der Waals surface area contributed by atoms with Gasteiger partial charge in [0.2, 0.25) is 0 Å². The fraction of sp³-hybridized carbons (Fsp3) is 0.462. The molecule has 3 N–H and O–H groups in total. The third kappa shape index (κ3) is 3.27. The fourth-order valence-corrected chi connectivity index (χ4v) is 2.25. The van der Waals surface area contributed by atoms with Crippen LogP contribution in [0.5, 0.6) is 0 Å². The van der Waals surface area contributed by atoms with Crippen molar-refractivity contribution in [3.8, 4) is 0 Å². The van der Waals surface area contributed by atoms with Crippen LogP contribution in [-0.2, 0) is 4.74 Å². The Morgan fingerprint density at radius 2 is 2.33 bits per heavy atom. The number of hydrogen-bond acceptors (Lipinski definition) is 5. The lowest BCUT2D eigenvalue weighted by Crippen LogP contribution is -2.40. The van der Waals surface area contributed by atoms with Crippen LogP contribution < -0.4 is 11.1 Å². The standard InChI is InChI=1S/C13H16FN3O4/c1-13(3-2-4-21-13)7-16-12(18)8-5-10(15)9(14)6-11(8)17(19)20/h5-6H,2-4,7,15H2,1H3,(H,16,18). The molecule has 21 heavy (non-hydrogen) atoms. The molecule has 7 nitrogen and oxygen atoms in total. The van der Waals surface area contributed by atoms with Crippen LogP contribution in [-0.4, -0.2) is 29.6 Å². The zero-order valence-corrected chi connectivity index (χ0v) is 11.5. The maximum atomic E-state index is 13.3. The first kappa shape index (κ1) is 15.2. The SMILES string of the molecule is CC1(CNC(=O)c2cc(N)c(F)cc2[N+](=O)[O-])CCCO1. The predicted octanol–water partition coefficient (Wildman–Crippen LogP) is 1.61. The summed E-state index contributed by atoms with van der Waals surface area (Å²) in [7, 11) is 0. The van der Waals surface area contributed by atoms with Crippen molar-refractivity contribution in [2.75, 3.05) is 18.9 Å². The molecule has 8 heteroatoms. The van der Waals surface area contributed by atoms with Gasteiger partial charge in [-0.1, -0.05) is 0 Å². The first-order valence-corrected chi connectivity index (χ1v) is 6.48. The Morgan fingerprint density at radius 3 is 2.90 bits per heavy atom. The predicted molar refractivity (Wildman–Crippen MR) is 73.4 cm³/mol. The highest BCUT2D eigenvalue weighted by atomic mass is 19.1. The number of carbonyl (C=O) groups is 1. The molecule has 1 aromatic rings. The third-order valence-electron chi connectivity index (χ3n) is 3.48. The second kappa shape index (κ2) is 5.65. The number of nitro groups is 1. The summed E-state index contributed by atoms with van der Waals surface area (Å²) in [5.74, 6) is -1.60. The summed E-state index contributed by atoms with van der Waals surface area (Å²) in [6, 6.07) is 1.62. The van der Waals surface area contributed by atoms with Crippen LogP contribution in [0.2, 0.25) is 0 Å². The molecule has 1 unspecified atom stereocenters. The highest BCUT2D eigenvalue weighted by molar-refractivity contribution is 5.99. The number of benzene rings is 1. The van der Waals surface area contributed by atoms with E-state index in [4.69, 9.17) is 10.5 Å². The van der Waals surface area contributed by atoms with Gasteiger partial charge in [-0.05, 0) is 25.8 Å². The van der Waals surface area contributed by atoms with Gasteiger partial charge >= 0.3 is 0 Å². The average Bonchev–Trinajstić information content (AvgIpc) is 2.86. The normalized spacial score (nSPS) is 21.2. The summed E-state index contributed by atoms with van der Waals surface area (Å²) in [6.45, 7) is 2.70. The van der Waals surface area contributed by atoms with Crippen LogP contribution in [0.1, 0.15) is 30.1 Å². The average molecular weight is 297 g/mol. The summed E-state index contributed by atoms with van der Waals surface area (Å²) in [5, 5.41) is 13.5. The van der Waals surface area contributed by atoms with Crippen LogP contribution in [0.4, 0.5) is 15.8 Å². The van der Waals surface area contributed by atoms with E-state index in [0.717, 1.165) is 18.9 Å². The van der Waals surface area contributed by atoms with E-state index in [9.17, 15) is 19.3 Å². The molecule has 1 saturated heterocycles. The number of halogens is 1. The van der Waals surface area contributed by atoms with Crippen molar-refractivity contribution in [3.05, 3.63) is 33.6 Å². The lowest BCUT2D eigenvalue weighted by atomic mass is 10.0. The number of nitrogen functional groups attached to an aromatic ring is 1. The number of nitrogens with zero attached hydrogens (tertiary/aromatic N) is 1. The highest BCUT2D eigenvalue weighted by Crippen LogP contribution is 2.26. The first-order valence-electron chi connectivity index (χ1n) is 6.48. The number of anilines is 1. The molecule has 1 aliphatic rings. The van der Waals surface area contributed by atoms with E-state index in [0.29, 0.717) is 12.7 Å². The highest BCUT2D eigenvalue weighted by Gasteiger charge is 2.31. The van der Waals surface area contributed by atoms with Crippen LogP contribution in [0.15, 0.2) is 12.1 Å². The van der Waals surface area contributed by atoms with Crippen molar-refractivity contribution >= 4 is 17.3 Å². The number of nitrogens with one attached hydrogen (secondary N) is 1. The number of ether oxygens (including phenoxy) is 1. The number of rotatable bonds is 4. The van der Waals surface area contributed by atoms with Crippen LogP contribution in [0.3, 0.4) is 0 Å². The van der Waals surface area contributed by atoms with Gasteiger partial charge in [0.25, 0.3) is 11.6 Å². The van der Waals surface area contributed by atoms with E-state index in [-0.39, 0.29) is 17.8 Å². The van der Waals surface area contributed by atoms with Gasteiger partial charge in [-0.15, -0.1) is 0 Å². The molecule has 0 saturated carbocycles.